The average Bonchev–Trinajstić information content (AvgIpc) is 3.24. The number of halogens is 2. The minimum absolute atomic E-state index is 0. The fourth-order valence-corrected chi connectivity index (χ4v) is 6.23. The summed E-state index contributed by atoms with van der Waals surface area (Å²) in [5.74, 6) is 1.01. The molecule has 0 N–H and O–H groups in total. The largest absolute Gasteiger partial charge is 0.496 e. The Hall–Kier alpha value is -2.45. The van der Waals surface area contributed by atoms with Gasteiger partial charge in [0.05, 0.1) is 22.7 Å². The SMILES string of the molecule is CCC(OC(=O)c1c(CSc2ccccc2)n(Cc2ccccc2)c2cc(Br)c(OC)cc12)N(CC)CC.Cl. The highest BCUT2D eigenvalue weighted by atomic mass is 79.9. The third kappa shape index (κ3) is 7.20. The zero-order chi connectivity index (χ0) is 27.1. The highest BCUT2D eigenvalue weighted by Gasteiger charge is 2.28. The fraction of sp³-hybridized carbons (Fsp3) is 0.323. The molecule has 4 aromatic rings. The third-order valence-corrected chi connectivity index (χ3v) is 8.41. The molecule has 0 fully saturated rings. The maximum absolute atomic E-state index is 14.0. The van der Waals surface area contributed by atoms with Gasteiger partial charge in [-0.1, -0.05) is 69.3 Å². The Balaban J connectivity index is 0.00000420. The second kappa shape index (κ2) is 14.8. The molecule has 1 unspecified atom stereocenters. The molecular formula is C31H36BrClN2O3S. The minimum Gasteiger partial charge on any atom is -0.496 e. The number of carbonyl (C=O) groups is 1. The van der Waals surface area contributed by atoms with Crippen molar-refractivity contribution in [3.05, 3.63) is 94.1 Å². The van der Waals surface area contributed by atoms with Crippen LogP contribution in [0.4, 0.5) is 0 Å². The number of hydrogen-bond donors (Lipinski definition) is 0. The number of benzene rings is 3. The minimum atomic E-state index is -0.298. The Morgan fingerprint density at radius 3 is 2.23 bits per heavy atom. The lowest BCUT2D eigenvalue weighted by molar-refractivity contribution is -0.0305. The molecule has 1 atom stereocenters. The summed E-state index contributed by atoms with van der Waals surface area (Å²) in [6.45, 7) is 8.51. The van der Waals surface area contributed by atoms with E-state index >= 15 is 0 Å². The lowest BCUT2D eigenvalue weighted by Gasteiger charge is -2.28. The van der Waals surface area contributed by atoms with Crippen molar-refractivity contribution in [1.82, 2.24) is 9.47 Å². The van der Waals surface area contributed by atoms with Crippen LogP contribution < -0.4 is 4.74 Å². The van der Waals surface area contributed by atoms with Gasteiger partial charge in [0.2, 0.25) is 0 Å². The van der Waals surface area contributed by atoms with E-state index in [1.807, 2.05) is 48.5 Å². The summed E-state index contributed by atoms with van der Waals surface area (Å²) in [4.78, 5) is 17.3. The van der Waals surface area contributed by atoms with E-state index in [0.29, 0.717) is 23.6 Å². The maximum atomic E-state index is 14.0. The number of hydrogen-bond acceptors (Lipinski definition) is 5. The highest BCUT2D eigenvalue weighted by Crippen LogP contribution is 2.38. The molecule has 0 aliphatic carbocycles. The van der Waals surface area contributed by atoms with Gasteiger partial charge in [0.15, 0.2) is 6.23 Å². The van der Waals surface area contributed by atoms with Crippen molar-refractivity contribution in [3.8, 4) is 5.75 Å². The van der Waals surface area contributed by atoms with Gasteiger partial charge < -0.3 is 14.0 Å². The normalized spacial score (nSPS) is 11.8. The van der Waals surface area contributed by atoms with E-state index in [4.69, 9.17) is 9.47 Å². The third-order valence-electron chi connectivity index (χ3n) is 6.76. The van der Waals surface area contributed by atoms with Gasteiger partial charge in [-0.3, -0.25) is 4.90 Å². The van der Waals surface area contributed by atoms with Crippen molar-refractivity contribution in [1.29, 1.82) is 0 Å². The molecule has 4 rings (SSSR count). The van der Waals surface area contributed by atoms with Crippen molar-refractivity contribution >= 4 is 57.0 Å². The van der Waals surface area contributed by atoms with Gasteiger partial charge >= 0.3 is 5.97 Å². The van der Waals surface area contributed by atoms with Crippen molar-refractivity contribution in [2.45, 2.75) is 50.6 Å². The number of fused-ring (bicyclic) bond motifs is 1. The number of ether oxygens (including phenoxy) is 2. The summed E-state index contributed by atoms with van der Waals surface area (Å²) in [6.07, 6.45) is 0.441. The number of thioether (sulfide) groups is 1. The Kier molecular flexibility index (Phi) is 11.8. The molecule has 0 aliphatic rings. The summed E-state index contributed by atoms with van der Waals surface area (Å²) in [6, 6.07) is 24.6. The highest BCUT2D eigenvalue weighted by molar-refractivity contribution is 9.10. The van der Waals surface area contributed by atoms with Gasteiger partial charge in [0.1, 0.15) is 5.75 Å². The van der Waals surface area contributed by atoms with E-state index in [1.54, 1.807) is 18.9 Å². The van der Waals surface area contributed by atoms with Gasteiger partial charge in [0, 0.05) is 28.3 Å². The number of nitrogens with zero attached hydrogens (tertiary/aromatic N) is 2. The van der Waals surface area contributed by atoms with Crippen LogP contribution in [0, 0.1) is 0 Å². The zero-order valence-corrected chi connectivity index (χ0v) is 26.1. The molecular weight excluding hydrogens is 596 g/mol. The number of rotatable bonds is 12. The average molecular weight is 632 g/mol. The molecule has 0 spiro atoms. The molecule has 3 aromatic carbocycles. The van der Waals surface area contributed by atoms with Crippen LogP contribution in [-0.4, -0.2) is 41.9 Å². The molecule has 1 aromatic heterocycles. The lowest BCUT2D eigenvalue weighted by Crippen LogP contribution is -2.38. The molecule has 208 valence electrons. The number of aromatic nitrogens is 1. The van der Waals surface area contributed by atoms with Crippen LogP contribution >= 0.6 is 40.1 Å². The van der Waals surface area contributed by atoms with Gasteiger partial charge in [-0.25, -0.2) is 4.79 Å². The smallest absolute Gasteiger partial charge is 0.342 e. The van der Waals surface area contributed by atoms with Gasteiger partial charge in [-0.2, -0.15) is 0 Å². The Morgan fingerprint density at radius 1 is 1.00 bits per heavy atom. The van der Waals surface area contributed by atoms with Crippen molar-refractivity contribution in [2.24, 2.45) is 0 Å². The first kappa shape index (κ1) is 31.1. The van der Waals surface area contributed by atoms with Crippen LogP contribution in [-0.2, 0) is 17.0 Å². The Labute approximate surface area is 250 Å². The van der Waals surface area contributed by atoms with Gasteiger partial charge in [-0.05, 0) is 65.3 Å². The monoisotopic (exact) mass is 630 g/mol. The quantitative estimate of drug-likeness (QED) is 0.0892. The Bertz CT molecular complexity index is 1360. The second-order valence-electron chi connectivity index (χ2n) is 8.99. The molecule has 5 nitrogen and oxygen atoms in total. The molecule has 39 heavy (non-hydrogen) atoms. The van der Waals surface area contributed by atoms with E-state index in [-0.39, 0.29) is 24.6 Å². The fourth-order valence-electron chi connectivity index (χ4n) is 4.78. The van der Waals surface area contributed by atoms with E-state index in [0.717, 1.165) is 51.0 Å². The number of carbonyl (C=O) groups excluding carboxylic acids is 1. The standard InChI is InChI=1S/C31H35BrN2O3S.ClH/c1-5-29(33(6-2)7-3)37-31(35)30-24-18-28(36-4)25(32)19-26(24)34(20-22-14-10-8-11-15-22)27(30)21-38-23-16-12-9-13-17-23;/h8-19,29H,5-7,20-21H2,1-4H3;1H. The van der Waals surface area contributed by atoms with Gasteiger partial charge in [-0.15, -0.1) is 24.2 Å². The molecule has 0 bridgehead atoms. The predicted octanol–water partition coefficient (Wildman–Crippen LogP) is 8.41. The van der Waals surface area contributed by atoms with Crippen LogP contribution in [0.2, 0.25) is 0 Å². The Morgan fingerprint density at radius 2 is 1.64 bits per heavy atom. The molecule has 8 heteroatoms. The first-order chi connectivity index (χ1) is 18.5. The first-order valence-corrected chi connectivity index (χ1v) is 14.8. The summed E-state index contributed by atoms with van der Waals surface area (Å²) in [5, 5.41) is 0.837. The van der Waals surface area contributed by atoms with Crippen molar-refractivity contribution in [3.63, 3.8) is 0 Å². The van der Waals surface area contributed by atoms with Crippen LogP contribution in [0.1, 0.15) is 48.8 Å². The van der Waals surface area contributed by atoms with Crippen LogP contribution in [0.5, 0.6) is 5.75 Å². The molecule has 0 amide bonds. The number of esters is 1. The molecule has 1 heterocycles. The lowest BCUT2D eigenvalue weighted by atomic mass is 10.1. The van der Waals surface area contributed by atoms with Crippen LogP contribution in [0.3, 0.4) is 0 Å². The van der Waals surface area contributed by atoms with Gasteiger partial charge in [0.25, 0.3) is 0 Å². The summed E-state index contributed by atoms with van der Waals surface area (Å²) in [5.41, 5.74) is 3.68. The number of methoxy groups -OCH3 is 1. The topological polar surface area (TPSA) is 43.7 Å². The molecule has 0 saturated carbocycles. The molecule has 0 saturated heterocycles. The summed E-state index contributed by atoms with van der Waals surface area (Å²) >= 11 is 5.38. The second-order valence-corrected chi connectivity index (χ2v) is 10.9. The predicted molar refractivity (Wildman–Crippen MR) is 167 cm³/mol. The van der Waals surface area contributed by atoms with Crippen molar-refractivity contribution in [2.75, 3.05) is 20.2 Å². The molecule has 0 radical (unpaired) electrons. The maximum Gasteiger partial charge on any atom is 0.342 e. The van der Waals surface area contributed by atoms with E-state index in [9.17, 15) is 4.79 Å². The zero-order valence-electron chi connectivity index (χ0n) is 22.9. The van der Waals surface area contributed by atoms with Crippen molar-refractivity contribution < 1.29 is 14.3 Å². The van der Waals surface area contributed by atoms with Crippen LogP contribution in [0.15, 0.2) is 82.2 Å². The van der Waals surface area contributed by atoms with E-state index in [2.05, 4.69) is 70.4 Å². The van der Waals surface area contributed by atoms with Crippen LogP contribution in [0.25, 0.3) is 10.9 Å². The van der Waals surface area contributed by atoms with E-state index < -0.39 is 0 Å². The first-order valence-electron chi connectivity index (χ1n) is 13.1. The summed E-state index contributed by atoms with van der Waals surface area (Å²) in [7, 11) is 1.64. The summed E-state index contributed by atoms with van der Waals surface area (Å²) < 4.78 is 14.9. The van der Waals surface area contributed by atoms with E-state index in [1.165, 1.54) is 0 Å². The molecule has 0 aliphatic heterocycles.